The van der Waals surface area contributed by atoms with Gasteiger partial charge in [0.2, 0.25) is 4.96 Å². The van der Waals surface area contributed by atoms with Crippen LogP contribution in [0.4, 0.5) is 0 Å². The molecule has 0 saturated carbocycles. The van der Waals surface area contributed by atoms with Crippen LogP contribution in [0, 0.1) is 6.92 Å². The van der Waals surface area contributed by atoms with Crippen LogP contribution in [0.1, 0.15) is 46.3 Å². The minimum absolute atomic E-state index is 0.0943. The summed E-state index contributed by atoms with van der Waals surface area (Å²) in [4.78, 5) is 23.0. The van der Waals surface area contributed by atoms with Crippen LogP contribution in [0.2, 0.25) is 0 Å². The SMILES string of the molecule is Cc1nn2c(=O)cc(CN(Cc3cc4c(s3)CCC4)C(C)C)nc2s1. The first-order chi connectivity index (χ1) is 12.0. The molecule has 1 aliphatic carbocycles. The molecule has 0 aromatic carbocycles. The molecule has 7 heteroatoms. The first-order valence-corrected chi connectivity index (χ1v) is 10.3. The van der Waals surface area contributed by atoms with Gasteiger partial charge >= 0.3 is 0 Å². The van der Waals surface area contributed by atoms with E-state index in [1.807, 2.05) is 18.3 Å². The molecule has 0 saturated heterocycles. The number of fused-ring (bicyclic) bond motifs is 2. The van der Waals surface area contributed by atoms with Crippen LogP contribution < -0.4 is 5.56 Å². The fraction of sp³-hybridized carbons (Fsp3) is 0.500. The molecule has 3 aromatic rings. The number of hydrogen-bond donors (Lipinski definition) is 0. The molecule has 3 aromatic heterocycles. The summed E-state index contributed by atoms with van der Waals surface area (Å²) in [5.74, 6) is 0. The standard InChI is InChI=1S/C18H22N4OS2/c1-11(2)21(10-15-7-13-5-4-6-16(13)25-15)9-14-8-17(23)22-18(19-14)24-12(3)20-22/h7-8,11H,4-6,9-10H2,1-3H3. The lowest BCUT2D eigenvalue weighted by atomic mass is 10.2. The van der Waals surface area contributed by atoms with Crippen LogP contribution in [-0.4, -0.2) is 25.5 Å². The Morgan fingerprint density at radius 3 is 2.84 bits per heavy atom. The summed E-state index contributed by atoms with van der Waals surface area (Å²) in [7, 11) is 0. The zero-order valence-corrected chi connectivity index (χ0v) is 16.4. The van der Waals surface area contributed by atoms with E-state index >= 15 is 0 Å². The van der Waals surface area contributed by atoms with E-state index in [-0.39, 0.29) is 5.56 Å². The molecular weight excluding hydrogens is 352 g/mol. The fourth-order valence-electron chi connectivity index (χ4n) is 3.33. The molecule has 0 bridgehead atoms. The van der Waals surface area contributed by atoms with Gasteiger partial charge in [-0.15, -0.1) is 11.3 Å². The van der Waals surface area contributed by atoms with Crippen LogP contribution in [-0.2, 0) is 25.9 Å². The predicted molar refractivity (Wildman–Crippen MR) is 103 cm³/mol. The van der Waals surface area contributed by atoms with E-state index in [1.54, 1.807) is 16.5 Å². The van der Waals surface area contributed by atoms with Gasteiger partial charge in [0, 0.05) is 35.0 Å². The van der Waals surface area contributed by atoms with Crippen LogP contribution in [0.5, 0.6) is 0 Å². The van der Waals surface area contributed by atoms with Gasteiger partial charge in [-0.1, -0.05) is 11.3 Å². The first kappa shape index (κ1) is 16.9. The first-order valence-electron chi connectivity index (χ1n) is 8.70. The summed E-state index contributed by atoms with van der Waals surface area (Å²) in [6.45, 7) is 7.89. The van der Waals surface area contributed by atoms with Gasteiger partial charge in [0.15, 0.2) is 0 Å². The van der Waals surface area contributed by atoms with Crippen molar-refractivity contribution in [2.24, 2.45) is 0 Å². The Kier molecular flexibility index (Phi) is 4.47. The average Bonchev–Trinajstić information content (AvgIpc) is 3.20. The maximum Gasteiger partial charge on any atom is 0.275 e. The molecule has 132 valence electrons. The number of nitrogens with zero attached hydrogens (tertiary/aromatic N) is 4. The minimum atomic E-state index is -0.0943. The topological polar surface area (TPSA) is 50.5 Å². The van der Waals surface area contributed by atoms with Gasteiger partial charge in [0.25, 0.3) is 5.56 Å². The highest BCUT2D eigenvalue weighted by Crippen LogP contribution is 2.31. The zero-order chi connectivity index (χ0) is 17.6. The summed E-state index contributed by atoms with van der Waals surface area (Å²) >= 11 is 3.41. The fourth-order valence-corrected chi connectivity index (χ4v) is 5.38. The van der Waals surface area contributed by atoms with E-state index in [4.69, 9.17) is 0 Å². The van der Waals surface area contributed by atoms with E-state index in [2.05, 4.69) is 34.9 Å². The number of aromatic nitrogens is 3. The summed E-state index contributed by atoms with van der Waals surface area (Å²) in [5.41, 5.74) is 2.27. The summed E-state index contributed by atoms with van der Waals surface area (Å²) in [5, 5.41) is 5.07. The number of aryl methyl sites for hydroxylation is 3. The molecule has 3 heterocycles. The molecular formula is C18H22N4OS2. The van der Waals surface area contributed by atoms with Crippen molar-refractivity contribution in [1.82, 2.24) is 19.5 Å². The molecule has 4 rings (SSSR count). The van der Waals surface area contributed by atoms with Gasteiger partial charge in [0.05, 0.1) is 5.69 Å². The van der Waals surface area contributed by atoms with E-state index in [1.165, 1.54) is 40.0 Å². The largest absolute Gasteiger partial charge is 0.290 e. The highest BCUT2D eigenvalue weighted by Gasteiger charge is 2.19. The Labute approximate surface area is 155 Å². The molecule has 25 heavy (non-hydrogen) atoms. The molecule has 0 amide bonds. The van der Waals surface area contributed by atoms with Crippen molar-refractivity contribution in [1.29, 1.82) is 0 Å². The highest BCUT2D eigenvalue weighted by atomic mass is 32.1. The third-order valence-corrected chi connectivity index (χ3v) is 6.70. The molecule has 0 unspecified atom stereocenters. The lowest BCUT2D eigenvalue weighted by Gasteiger charge is -2.25. The molecule has 0 radical (unpaired) electrons. The molecule has 5 nitrogen and oxygen atoms in total. The molecule has 0 atom stereocenters. The highest BCUT2D eigenvalue weighted by molar-refractivity contribution is 7.16. The Balaban J connectivity index is 1.58. The summed E-state index contributed by atoms with van der Waals surface area (Å²) < 4.78 is 1.40. The van der Waals surface area contributed by atoms with Crippen molar-refractivity contribution in [2.75, 3.05) is 0 Å². The quantitative estimate of drug-likeness (QED) is 0.687. The number of rotatable bonds is 5. The third-order valence-electron chi connectivity index (χ3n) is 4.65. The third kappa shape index (κ3) is 3.41. The van der Waals surface area contributed by atoms with E-state index in [0.29, 0.717) is 17.5 Å². The van der Waals surface area contributed by atoms with Crippen LogP contribution in [0.3, 0.4) is 0 Å². The second kappa shape index (κ2) is 6.63. The average molecular weight is 375 g/mol. The van der Waals surface area contributed by atoms with Crippen molar-refractivity contribution in [3.05, 3.63) is 48.5 Å². The summed E-state index contributed by atoms with van der Waals surface area (Å²) in [6, 6.07) is 4.39. The van der Waals surface area contributed by atoms with Gasteiger partial charge < -0.3 is 0 Å². The molecule has 0 aliphatic heterocycles. The second-order valence-electron chi connectivity index (χ2n) is 6.91. The van der Waals surface area contributed by atoms with Gasteiger partial charge in [-0.3, -0.25) is 9.69 Å². The van der Waals surface area contributed by atoms with E-state index < -0.39 is 0 Å². The normalized spacial score (nSPS) is 14.1. The van der Waals surface area contributed by atoms with Crippen molar-refractivity contribution < 1.29 is 0 Å². The van der Waals surface area contributed by atoms with Crippen molar-refractivity contribution >= 4 is 27.6 Å². The maximum atomic E-state index is 12.3. The minimum Gasteiger partial charge on any atom is -0.290 e. The van der Waals surface area contributed by atoms with Crippen LogP contribution >= 0.6 is 22.7 Å². The van der Waals surface area contributed by atoms with Gasteiger partial charge in [0.1, 0.15) is 5.01 Å². The zero-order valence-electron chi connectivity index (χ0n) is 14.8. The monoisotopic (exact) mass is 374 g/mol. The Morgan fingerprint density at radius 2 is 2.08 bits per heavy atom. The van der Waals surface area contributed by atoms with Crippen LogP contribution in [0.15, 0.2) is 16.9 Å². The Bertz CT molecular complexity index is 948. The maximum absolute atomic E-state index is 12.3. The molecule has 0 fully saturated rings. The van der Waals surface area contributed by atoms with Crippen molar-refractivity contribution in [2.45, 2.75) is 59.2 Å². The molecule has 0 spiro atoms. The molecule has 1 aliphatic rings. The molecule has 0 N–H and O–H groups in total. The Morgan fingerprint density at radius 1 is 1.24 bits per heavy atom. The lowest BCUT2D eigenvalue weighted by Crippen LogP contribution is -2.30. The Hall–Kier alpha value is -1.57. The lowest BCUT2D eigenvalue weighted by molar-refractivity contribution is 0.203. The summed E-state index contributed by atoms with van der Waals surface area (Å²) in [6.07, 6.45) is 3.77. The van der Waals surface area contributed by atoms with Crippen LogP contribution in [0.25, 0.3) is 4.96 Å². The van der Waals surface area contributed by atoms with Crippen molar-refractivity contribution in [3.8, 4) is 0 Å². The van der Waals surface area contributed by atoms with E-state index in [0.717, 1.165) is 17.2 Å². The van der Waals surface area contributed by atoms with Gasteiger partial charge in [-0.2, -0.15) is 9.61 Å². The van der Waals surface area contributed by atoms with E-state index in [9.17, 15) is 4.79 Å². The van der Waals surface area contributed by atoms with Gasteiger partial charge in [-0.05, 0) is 51.7 Å². The van der Waals surface area contributed by atoms with Gasteiger partial charge in [-0.25, -0.2) is 4.98 Å². The second-order valence-corrected chi connectivity index (χ2v) is 9.30. The number of hydrogen-bond acceptors (Lipinski definition) is 6. The van der Waals surface area contributed by atoms with Crippen molar-refractivity contribution in [3.63, 3.8) is 0 Å². The number of thiophene rings is 1. The smallest absolute Gasteiger partial charge is 0.275 e. The predicted octanol–water partition coefficient (Wildman–Crippen LogP) is 3.42.